The number of pyridine rings is 1. The Morgan fingerprint density at radius 1 is 1.27 bits per heavy atom. The van der Waals surface area contributed by atoms with Crippen LogP contribution >= 0.6 is 0 Å². The lowest BCUT2D eigenvalue weighted by Crippen LogP contribution is -2.15. The molecule has 0 saturated carbocycles. The number of fused-ring (bicyclic) bond motifs is 1. The number of benzene rings is 1. The molecule has 26 heavy (non-hydrogen) atoms. The number of carbonyl (C=O) groups excluding carboxylic acids is 1. The van der Waals surface area contributed by atoms with Gasteiger partial charge in [0, 0.05) is 12.4 Å². The van der Waals surface area contributed by atoms with E-state index in [2.05, 4.69) is 20.3 Å². The van der Waals surface area contributed by atoms with Crippen LogP contribution in [-0.2, 0) is 4.74 Å². The zero-order valence-corrected chi connectivity index (χ0v) is 14.0. The SMILES string of the molecule is COC(=O)c1cn(-c2ncn[nH]2)cc2c(=O)n(-c3cccc(C)c3)nc1-2. The van der Waals surface area contributed by atoms with Crippen LogP contribution in [0, 0.1) is 6.92 Å². The Bertz CT molecular complexity index is 1130. The van der Waals surface area contributed by atoms with Crippen LogP contribution in [0.1, 0.15) is 15.9 Å². The first kappa shape index (κ1) is 15.8. The Hall–Kier alpha value is -3.75. The highest BCUT2D eigenvalue weighted by Crippen LogP contribution is 2.24. The van der Waals surface area contributed by atoms with Crippen molar-refractivity contribution in [3.63, 3.8) is 0 Å². The van der Waals surface area contributed by atoms with Crippen molar-refractivity contribution in [2.45, 2.75) is 6.92 Å². The number of aromatic nitrogens is 6. The van der Waals surface area contributed by atoms with Gasteiger partial charge >= 0.3 is 5.97 Å². The Kier molecular flexibility index (Phi) is 3.61. The van der Waals surface area contributed by atoms with E-state index in [4.69, 9.17) is 4.74 Å². The second kappa shape index (κ2) is 5.96. The van der Waals surface area contributed by atoms with Crippen LogP contribution in [0.15, 0.2) is 47.8 Å². The van der Waals surface area contributed by atoms with Gasteiger partial charge in [-0.25, -0.2) is 9.89 Å². The lowest BCUT2D eigenvalue weighted by Gasteiger charge is -2.08. The molecule has 0 unspecified atom stereocenters. The van der Waals surface area contributed by atoms with Crippen molar-refractivity contribution in [3.05, 3.63) is 64.5 Å². The highest BCUT2D eigenvalue weighted by atomic mass is 16.5. The number of aromatic amines is 1. The third-order valence-electron chi connectivity index (χ3n) is 3.97. The standard InChI is InChI=1S/C17H14N6O3/c1-10-4-3-5-11(6-10)23-15(24)12-7-22(17-18-9-19-20-17)8-13(14(12)21-23)16(25)26-2/h3-9H,1-2H3,(H,18,19,20). The van der Waals surface area contributed by atoms with Gasteiger partial charge in [-0.1, -0.05) is 12.1 Å². The summed E-state index contributed by atoms with van der Waals surface area (Å²) in [5.41, 5.74) is 1.96. The second-order valence-corrected chi connectivity index (χ2v) is 5.70. The second-order valence-electron chi connectivity index (χ2n) is 5.70. The molecule has 2 aromatic rings. The predicted octanol–water partition coefficient (Wildman–Crippen LogP) is 1.34. The van der Waals surface area contributed by atoms with E-state index in [1.807, 2.05) is 25.1 Å². The number of ether oxygens (including phenoxy) is 1. The van der Waals surface area contributed by atoms with Crippen LogP contribution < -0.4 is 5.56 Å². The molecule has 0 bridgehead atoms. The van der Waals surface area contributed by atoms with Crippen LogP contribution in [0.5, 0.6) is 0 Å². The molecular formula is C17H14N6O3. The fraction of sp³-hybridized carbons (Fsp3) is 0.118. The summed E-state index contributed by atoms with van der Waals surface area (Å²) in [5, 5.41) is 10.8. The van der Waals surface area contributed by atoms with Gasteiger partial charge in [0.25, 0.3) is 5.56 Å². The van der Waals surface area contributed by atoms with Gasteiger partial charge in [0.15, 0.2) is 0 Å². The first-order chi connectivity index (χ1) is 12.6. The number of methoxy groups -OCH3 is 1. The summed E-state index contributed by atoms with van der Waals surface area (Å²) >= 11 is 0. The van der Waals surface area contributed by atoms with Crippen molar-refractivity contribution in [2.75, 3.05) is 7.11 Å². The normalized spacial score (nSPS) is 11.0. The van der Waals surface area contributed by atoms with E-state index in [1.165, 1.54) is 28.9 Å². The Morgan fingerprint density at radius 2 is 2.12 bits per heavy atom. The van der Waals surface area contributed by atoms with Gasteiger partial charge in [0.2, 0.25) is 5.95 Å². The summed E-state index contributed by atoms with van der Waals surface area (Å²) in [6.45, 7) is 1.93. The van der Waals surface area contributed by atoms with E-state index in [0.29, 0.717) is 11.6 Å². The largest absolute Gasteiger partial charge is 0.465 e. The number of esters is 1. The van der Waals surface area contributed by atoms with Crippen molar-refractivity contribution in [1.29, 1.82) is 0 Å². The average molecular weight is 350 g/mol. The van der Waals surface area contributed by atoms with Crippen molar-refractivity contribution in [1.82, 2.24) is 29.5 Å². The Morgan fingerprint density at radius 3 is 2.81 bits per heavy atom. The molecule has 0 spiro atoms. The summed E-state index contributed by atoms with van der Waals surface area (Å²) < 4.78 is 7.62. The fourth-order valence-electron chi connectivity index (χ4n) is 2.75. The average Bonchev–Trinajstić information content (AvgIpc) is 3.29. The molecule has 0 fully saturated rings. The highest BCUT2D eigenvalue weighted by Gasteiger charge is 2.25. The van der Waals surface area contributed by atoms with Crippen LogP contribution in [-0.4, -0.2) is 42.6 Å². The molecule has 9 nitrogen and oxygen atoms in total. The maximum atomic E-state index is 12.9. The van der Waals surface area contributed by atoms with Crippen molar-refractivity contribution in [2.24, 2.45) is 0 Å². The topological polar surface area (TPSA) is 108 Å². The van der Waals surface area contributed by atoms with Crippen LogP contribution in [0.4, 0.5) is 0 Å². The van der Waals surface area contributed by atoms with Gasteiger partial charge in [-0.15, -0.1) is 0 Å². The Balaban J connectivity index is 2.01. The zero-order valence-electron chi connectivity index (χ0n) is 14.0. The first-order valence-electron chi connectivity index (χ1n) is 7.74. The molecule has 4 rings (SSSR count). The molecule has 2 aliphatic rings. The van der Waals surface area contributed by atoms with Crippen LogP contribution in [0.25, 0.3) is 22.9 Å². The fourth-order valence-corrected chi connectivity index (χ4v) is 2.75. The number of hydrogen-bond acceptors (Lipinski definition) is 6. The first-order valence-corrected chi connectivity index (χ1v) is 7.74. The van der Waals surface area contributed by atoms with Gasteiger partial charge in [-0.2, -0.15) is 19.9 Å². The van der Waals surface area contributed by atoms with Crippen molar-refractivity contribution < 1.29 is 9.53 Å². The summed E-state index contributed by atoms with van der Waals surface area (Å²) in [6.07, 6.45) is 4.39. The van der Waals surface area contributed by atoms with Crippen molar-refractivity contribution in [3.8, 4) is 22.9 Å². The summed E-state index contributed by atoms with van der Waals surface area (Å²) in [7, 11) is 1.27. The molecule has 0 radical (unpaired) electrons. The molecule has 130 valence electrons. The van der Waals surface area contributed by atoms with Crippen molar-refractivity contribution >= 4 is 5.97 Å². The smallest absolute Gasteiger partial charge is 0.341 e. The predicted molar refractivity (Wildman–Crippen MR) is 91.8 cm³/mol. The number of hydrogen-bond donors (Lipinski definition) is 1. The minimum absolute atomic E-state index is 0.157. The molecule has 0 atom stereocenters. The number of H-pyrrole nitrogens is 1. The van der Waals surface area contributed by atoms with E-state index in [1.54, 1.807) is 12.3 Å². The third kappa shape index (κ3) is 2.46. The summed E-state index contributed by atoms with van der Waals surface area (Å²) in [6, 6.07) is 7.39. The monoisotopic (exact) mass is 350 g/mol. The van der Waals surface area contributed by atoms with Crippen LogP contribution in [0.2, 0.25) is 0 Å². The molecule has 1 N–H and O–H groups in total. The quantitative estimate of drug-likeness (QED) is 0.559. The van der Waals surface area contributed by atoms with E-state index >= 15 is 0 Å². The van der Waals surface area contributed by atoms with Gasteiger partial charge in [-0.05, 0) is 24.6 Å². The van der Waals surface area contributed by atoms with E-state index in [9.17, 15) is 9.59 Å². The molecule has 0 amide bonds. The number of aryl methyl sites for hydroxylation is 1. The van der Waals surface area contributed by atoms with E-state index in [-0.39, 0.29) is 22.4 Å². The summed E-state index contributed by atoms with van der Waals surface area (Å²) in [4.78, 5) is 29.2. The number of rotatable bonds is 3. The number of nitrogens with one attached hydrogen (secondary N) is 1. The molecular weight excluding hydrogens is 336 g/mol. The Labute approximate surface area is 147 Å². The number of nitrogens with zero attached hydrogens (tertiary/aromatic N) is 5. The zero-order chi connectivity index (χ0) is 18.3. The minimum Gasteiger partial charge on any atom is -0.465 e. The molecule has 1 aromatic heterocycles. The summed E-state index contributed by atoms with van der Waals surface area (Å²) in [5.74, 6) is -0.238. The molecule has 9 heteroatoms. The molecule has 2 aliphatic heterocycles. The molecule has 3 heterocycles. The van der Waals surface area contributed by atoms with E-state index < -0.39 is 5.97 Å². The number of carbonyl (C=O) groups is 1. The van der Waals surface area contributed by atoms with Crippen LogP contribution in [0.3, 0.4) is 0 Å². The van der Waals surface area contributed by atoms with E-state index in [0.717, 1.165) is 5.56 Å². The van der Waals surface area contributed by atoms with Gasteiger partial charge < -0.3 is 4.74 Å². The minimum atomic E-state index is -0.599. The molecule has 0 aliphatic carbocycles. The maximum Gasteiger partial charge on any atom is 0.341 e. The van der Waals surface area contributed by atoms with Gasteiger partial charge in [0.1, 0.15) is 17.6 Å². The highest BCUT2D eigenvalue weighted by molar-refractivity contribution is 5.96. The van der Waals surface area contributed by atoms with Gasteiger partial charge in [-0.3, -0.25) is 9.36 Å². The van der Waals surface area contributed by atoms with Gasteiger partial charge in [0.05, 0.1) is 18.4 Å². The molecule has 0 saturated heterocycles. The third-order valence-corrected chi connectivity index (χ3v) is 3.97. The lowest BCUT2D eigenvalue weighted by molar-refractivity contribution is 0.0600. The molecule has 1 aromatic carbocycles. The maximum absolute atomic E-state index is 12.9. The lowest BCUT2D eigenvalue weighted by atomic mass is 10.1.